The van der Waals surface area contributed by atoms with Crippen molar-refractivity contribution in [1.29, 1.82) is 0 Å². The molecule has 2 atom stereocenters. The predicted molar refractivity (Wildman–Crippen MR) is 73.2 cm³/mol. The van der Waals surface area contributed by atoms with Crippen LogP contribution in [0.3, 0.4) is 0 Å². The number of hydrogen-bond donors (Lipinski definition) is 1. The Morgan fingerprint density at radius 3 is 2.05 bits per heavy atom. The van der Waals surface area contributed by atoms with Gasteiger partial charge >= 0.3 is 6.16 Å². The Morgan fingerprint density at radius 1 is 1.05 bits per heavy atom. The topological polar surface area (TPSA) is 70.5 Å². The molecule has 4 heteroatoms. The first kappa shape index (κ1) is 14.6. The molecule has 0 aromatic carbocycles. The highest BCUT2D eigenvalue weighted by Gasteiger charge is 2.68. The molecule has 0 radical (unpaired) electrons. The minimum absolute atomic E-state index is 0. The molecule has 3 N–H and O–H groups in total. The van der Waals surface area contributed by atoms with E-state index in [4.69, 9.17) is 9.47 Å². The molecular weight excluding hydrogens is 242 g/mol. The molecule has 0 saturated heterocycles. The van der Waals surface area contributed by atoms with E-state index in [1.807, 2.05) is 0 Å². The zero-order chi connectivity index (χ0) is 13.2. The molecule has 110 valence electrons. The lowest BCUT2D eigenvalue weighted by Crippen LogP contribution is -2.67. The average molecular weight is 269 g/mol. The average Bonchev–Trinajstić information content (AvgIpc) is 2.25. The number of ether oxygens (including phenoxy) is 2. The van der Waals surface area contributed by atoms with E-state index in [0.29, 0.717) is 5.41 Å². The third-order valence-corrected chi connectivity index (χ3v) is 6.48. The minimum Gasteiger partial charge on any atom is -0.438 e. The van der Waals surface area contributed by atoms with Gasteiger partial charge in [-0.05, 0) is 49.4 Å². The van der Waals surface area contributed by atoms with E-state index in [1.165, 1.54) is 26.4 Å². The van der Waals surface area contributed by atoms with Crippen molar-refractivity contribution in [2.75, 3.05) is 7.11 Å². The van der Waals surface area contributed by atoms with Gasteiger partial charge in [-0.2, -0.15) is 0 Å². The van der Waals surface area contributed by atoms with Crippen LogP contribution in [0.4, 0.5) is 4.79 Å². The molecule has 4 aliphatic rings. The Bertz CT molecular complexity index is 377. The third-order valence-electron chi connectivity index (χ3n) is 6.48. The van der Waals surface area contributed by atoms with Gasteiger partial charge in [0.2, 0.25) is 0 Å². The first-order valence-corrected chi connectivity index (χ1v) is 7.09. The van der Waals surface area contributed by atoms with Crippen LogP contribution in [0.25, 0.3) is 0 Å². The van der Waals surface area contributed by atoms with Gasteiger partial charge in [0.15, 0.2) is 0 Å². The first-order valence-electron chi connectivity index (χ1n) is 7.09. The van der Waals surface area contributed by atoms with E-state index in [9.17, 15) is 4.79 Å². The SMILES string of the molecule is COC(=O)OC12CC3CC(CC(C)(C3)C1(C)C)C2.N. The van der Waals surface area contributed by atoms with Crippen molar-refractivity contribution in [3.8, 4) is 0 Å². The molecule has 4 fully saturated rings. The van der Waals surface area contributed by atoms with Crippen molar-refractivity contribution in [2.45, 2.75) is 58.5 Å². The molecule has 4 saturated carbocycles. The lowest BCUT2D eigenvalue weighted by molar-refractivity contribution is -0.254. The van der Waals surface area contributed by atoms with Crippen LogP contribution in [0.1, 0.15) is 52.9 Å². The summed E-state index contributed by atoms with van der Waals surface area (Å²) in [6, 6.07) is 0. The lowest BCUT2D eigenvalue weighted by Gasteiger charge is -2.69. The van der Waals surface area contributed by atoms with Crippen LogP contribution in [0.5, 0.6) is 0 Å². The largest absolute Gasteiger partial charge is 0.508 e. The highest BCUT2D eigenvalue weighted by atomic mass is 16.7. The van der Waals surface area contributed by atoms with Gasteiger partial charge in [0.1, 0.15) is 5.60 Å². The van der Waals surface area contributed by atoms with Crippen LogP contribution in [0.15, 0.2) is 0 Å². The van der Waals surface area contributed by atoms with Crippen molar-refractivity contribution in [3.05, 3.63) is 0 Å². The quantitative estimate of drug-likeness (QED) is 0.732. The Balaban J connectivity index is 0.00000133. The molecule has 4 aliphatic carbocycles. The van der Waals surface area contributed by atoms with E-state index in [-0.39, 0.29) is 17.2 Å². The summed E-state index contributed by atoms with van der Waals surface area (Å²) in [5.74, 6) is 1.47. The number of rotatable bonds is 1. The lowest BCUT2D eigenvalue weighted by atomic mass is 9.38. The molecule has 19 heavy (non-hydrogen) atoms. The molecule has 4 bridgehead atoms. The third kappa shape index (κ3) is 1.72. The van der Waals surface area contributed by atoms with E-state index < -0.39 is 6.16 Å². The maximum Gasteiger partial charge on any atom is 0.508 e. The number of carbonyl (C=O) groups is 1. The van der Waals surface area contributed by atoms with E-state index in [2.05, 4.69) is 20.8 Å². The van der Waals surface area contributed by atoms with Gasteiger partial charge in [-0.15, -0.1) is 0 Å². The van der Waals surface area contributed by atoms with Gasteiger partial charge < -0.3 is 15.6 Å². The second kappa shape index (κ2) is 4.11. The molecule has 4 rings (SSSR count). The van der Waals surface area contributed by atoms with Crippen LogP contribution in [0, 0.1) is 22.7 Å². The fourth-order valence-corrected chi connectivity index (χ4v) is 5.31. The molecule has 0 aromatic heterocycles. The fraction of sp³-hybridized carbons (Fsp3) is 0.933. The molecule has 0 amide bonds. The number of carbonyl (C=O) groups excluding carboxylic acids is 1. The maximum absolute atomic E-state index is 11.6. The second-order valence-electron chi connectivity index (χ2n) is 7.52. The van der Waals surface area contributed by atoms with Crippen LogP contribution >= 0.6 is 0 Å². The zero-order valence-corrected chi connectivity index (χ0v) is 12.6. The summed E-state index contributed by atoms with van der Waals surface area (Å²) in [4.78, 5) is 11.6. The zero-order valence-electron chi connectivity index (χ0n) is 12.6. The summed E-state index contributed by atoms with van der Waals surface area (Å²) in [6.45, 7) is 6.96. The highest BCUT2D eigenvalue weighted by Crippen LogP contribution is 2.70. The van der Waals surface area contributed by atoms with E-state index in [0.717, 1.165) is 24.7 Å². The van der Waals surface area contributed by atoms with Gasteiger partial charge in [0.25, 0.3) is 0 Å². The Labute approximate surface area is 115 Å². The summed E-state index contributed by atoms with van der Waals surface area (Å²) < 4.78 is 10.6. The van der Waals surface area contributed by atoms with E-state index in [1.54, 1.807) is 0 Å². The fourth-order valence-electron chi connectivity index (χ4n) is 5.31. The Hall–Kier alpha value is -0.770. The number of hydrogen-bond acceptors (Lipinski definition) is 4. The smallest absolute Gasteiger partial charge is 0.438 e. The Kier molecular flexibility index (Phi) is 3.17. The molecule has 0 heterocycles. The summed E-state index contributed by atoms with van der Waals surface area (Å²) in [5, 5.41) is 0. The van der Waals surface area contributed by atoms with Crippen molar-refractivity contribution < 1.29 is 14.3 Å². The van der Waals surface area contributed by atoms with Gasteiger partial charge in [-0.1, -0.05) is 20.8 Å². The summed E-state index contributed by atoms with van der Waals surface area (Å²) in [7, 11) is 1.40. The minimum atomic E-state index is -0.506. The molecule has 0 aliphatic heterocycles. The van der Waals surface area contributed by atoms with E-state index >= 15 is 0 Å². The van der Waals surface area contributed by atoms with Gasteiger partial charge in [-0.25, -0.2) is 4.79 Å². The second-order valence-corrected chi connectivity index (χ2v) is 7.52. The van der Waals surface area contributed by atoms with Gasteiger partial charge in [-0.3, -0.25) is 0 Å². The van der Waals surface area contributed by atoms with Gasteiger partial charge in [0.05, 0.1) is 7.11 Å². The maximum atomic E-state index is 11.6. The first-order chi connectivity index (χ1) is 8.32. The van der Waals surface area contributed by atoms with Crippen molar-refractivity contribution >= 4 is 6.16 Å². The molecule has 4 nitrogen and oxygen atoms in total. The normalized spacial score (nSPS) is 45.5. The highest BCUT2D eigenvalue weighted by molar-refractivity contribution is 5.60. The summed E-state index contributed by atoms with van der Waals surface area (Å²) in [5.41, 5.74) is 0.0612. The van der Waals surface area contributed by atoms with Crippen LogP contribution in [0.2, 0.25) is 0 Å². The number of methoxy groups -OCH3 is 1. The summed E-state index contributed by atoms with van der Waals surface area (Å²) >= 11 is 0. The van der Waals surface area contributed by atoms with Gasteiger partial charge in [0, 0.05) is 5.41 Å². The van der Waals surface area contributed by atoms with Crippen LogP contribution in [-0.2, 0) is 9.47 Å². The molecule has 2 unspecified atom stereocenters. The van der Waals surface area contributed by atoms with Crippen molar-refractivity contribution in [1.82, 2.24) is 6.15 Å². The molecule has 0 spiro atoms. The van der Waals surface area contributed by atoms with Crippen LogP contribution in [-0.4, -0.2) is 18.9 Å². The molecular formula is C15H27NO3. The Morgan fingerprint density at radius 2 is 1.58 bits per heavy atom. The monoisotopic (exact) mass is 269 g/mol. The van der Waals surface area contributed by atoms with Crippen molar-refractivity contribution in [3.63, 3.8) is 0 Å². The summed E-state index contributed by atoms with van der Waals surface area (Å²) in [6.07, 6.45) is 5.47. The standard InChI is InChI=1S/C15H24O3.H3N/c1-13(2)14(3)6-10-5-11(7-14)9-15(13,8-10)18-12(16)17-4;/h10-11H,5-9H2,1-4H3;1H3. The molecule has 0 aromatic rings. The van der Waals surface area contributed by atoms with Crippen LogP contribution < -0.4 is 6.15 Å². The van der Waals surface area contributed by atoms with Crippen molar-refractivity contribution in [2.24, 2.45) is 22.7 Å². The predicted octanol–water partition coefficient (Wildman–Crippen LogP) is 3.93.